The fourth-order valence-corrected chi connectivity index (χ4v) is 2.15. The highest BCUT2D eigenvalue weighted by atomic mass is 15.4. The summed E-state index contributed by atoms with van der Waals surface area (Å²) in [7, 11) is 0. The zero-order valence-corrected chi connectivity index (χ0v) is 11.6. The molecule has 0 amide bonds. The summed E-state index contributed by atoms with van der Waals surface area (Å²) in [5.74, 6) is 1.20. The molecule has 2 heterocycles. The first kappa shape index (κ1) is 12.7. The molecule has 0 spiro atoms. The van der Waals surface area contributed by atoms with E-state index >= 15 is 0 Å². The molecule has 3 rings (SSSR count). The Bertz CT molecular complexity index is 728. The number of nitrogens with zero attached hydrogens (tertiary/aromatic N) is 4. The second-order valence-corrected chi connectivity index (χ2v) is 5.09. The molecule has 0 aliphatic carbocycles. The van der Waals surface area contributed by atoms with Crippen LogP contribution in [0.3, 0.4) is 0 Å². The van der Waals surface area contributed by atoms with Gasteiger partial charge in [0.25, 0.3) is 0 Å². The van der Waals surface area contributed by atoms with Crippen LogP contribution in [0.5, 0.6) is 0 Å². The van der Waals surface area contributed by atoms with Crippen LogP contribution >= 0.6 is 0 Å². The number of aromatic nitrogens is 4. The minimum absolute atomic E-state index is 0.323. The smallest absolute Gasteiger partial charge is 0.177 e. The molecule has 20 heavy (non-hydrogen) atoms. The molecule has 0 saturated heterocycles. The van der Waals surface area contributed by atoms with Gasteiger partial charge in [-0.15, -0.1) is 10.2 Å². The Labute approximate surface area is 117 Å². The van der Waals surface area contributed by atoms with E-state index in [-0.39, 0.29) is 0 Å². The van der Waals surface area contributed by atoms with Crippen molar-refractivity contribution in [2.75, 3.05) is 0 Å². The molecular weight excluding hydrogens is 250 g/mol. The molecule has 0 saturated carbocycles. The molecule has 102 valence electrons. The number of benzene rings is 1. The fourth-order valence-electron chi connectivity index (χ4n) is 2.15. The molecule has 5 nitrogen and oxygen atoms in total. The van der Waals surface area contributed by atoms with E-state index in [9.17, 15) is 0 Å². The topological polar surface area (TPSA) is 69.1 Å². The number of rotatable bonds is 3. The molecule has 0 bridgehead atoms. The van der Waals surface area contributed by atoms with Crippen molar-refractivity contribution in [2.24, 2.45) is 5.73 Å². The summed E-state index contributed by atoms with van der Waals surface area (Å²) in [4.78, 5) is 0. The third-order valence-electron chi connectivity index (χ3n) is 3.38. The standard InChI is InChI=1S/C15H17N5/c1-10(2)11-3-5-12(6-4-11)13-7-8-14-17-18-15(9-16)20(14)19-13/h3-8,10H,9,16H2,1-2H3. The molecule has 2 aromatic heterocycles. The Morgan fingerprint density at radius 2 is 1.80 bits per heavy atom. The summed E-state index contributed by atoms with van der Waals surface area (Å²) in [6.45, 7) is 4.69. The third kappa shape index (κ3) is 2.16. The van der Waals surface area contributed by atoms with E-state index in [1.54, 1.807) is 4.52 Å². The lowest BCUT2D eigenvalue weighted by Gasteiger charge is -2.07. The van der Waals surface area contributed by atoms with Crippen molar-refractivity contribution in [3.8, 4) is 11.3 Å². The van der Waals surface area contributed by atoms with Crippen molar-refractivity contribution >= 4 is 5.65 Å². The fraction of sp³-hybridized carbons (Fsp3) is 0.267. The molecule has 0 radical (unpaired) electrons. The molecule has 0 atom stereocenters. The van der Waals surface area contributed by atoms with Crippen molar-refractivity contribution in [3.05, 3.63) is 47.8 Å². The zero-order valence-electron chi connectivity index (χ0n) is 11.6. The maximum absolute atomic E-state index is 5.64. The van der Waals surface area contributed by atoms with Crippen molar-refractivity contribution in [1.29, 1.82) is 0 Å². The molecule has 5 heteroatoms. The summed E-state index contributed by atoms with van der Waals surface area (Å²) in [6.07, 6.45) is 0. The summed E-state index contributed by atoms with van der Waals surface area (Å²) in [6, 6.07) is 12.3. The van der Waals surface area contributed by atoms with Crippen molar-refractivity contribution in [1.82, 2.24) is 19.8 Å². The summed E-state index contributed by atoms with van der Waals surface area (Å²) < 4.78 is 1.70. The first-order valence-electron chi connectivity index (χ1n) is 6.71. The second-order valence-electron chi connectivity index (χ2n) is 5.09. The molecule has 3 aromatic rings. The van der Waals surface area contributed by atoms with Gasteiger partial charge in [0.15, 0.2) is 11.5 Å². The lowest BCUT2D eigenvalue weighted by Crippen LogP contribution is -2.05. The van der Waals surface area contributed by atoms with E-state index in [1.165, 1.54) is 5.56 Å². The summed E-state index contributed by atoms with van der Waals surface area (Å²) in [5, 5.41) is 12.6. The van der Waals surface area contributed by atoms with Gasteiger partial charge in [-0.25, -0.2) is 0 Å². The van der Waals surface area contributed by atoms with E-state index in [0.29, 0.717) is 23.9 Å². The Balaban J connectivity index is 2.04. The van der Waals surface area contributed by atoms with E-state index in [1.807, 2.05) is 12.1 Å². The largest absolute Gasteiger partial charge is 0.324 e. The monoisotopic (exact) mass is 267 g/mol. The van der Waals surface area contributed by atoms with Gasteiger partial charge in [-0.1, -0.05) is 38.1 Å². The highest BCUT2D eigenvalue weighted by Gasteiger charge is 2.07. The number of fused-ring (bicyclic) bond motifs is 1. The molecule has 0 aliphatic heterocycles. The van der Waals surface area contributed by atoms with Crippen LogP contribution in [0, 0.1) is 0 Å². The molecular formula is C15H17N5. The van der Waals surface area contributed by atoms with Gasteiger partial charge in [-0.3, -0.25) is 0 Å². The van der Waals surface area contributed by atoms with Gasteiger partial charge < -0.3 is 5.73 Å². The average molecular weight is 267 g/mol. The SMILES string of the molecule is CC(C)c1ccc(-c2ccc3nnc(CN)n3n2)cc1. The molecule has 0 fully saturated rings. The number of nitrogens with two attached hydrogens (primary N) is 1. The minimum atomic E-state index is 0.323. The normalized spacial score (nSPS) is 11.4. The van der Waals surface area contributed by atoms with Crippen LogP contribution in [0.25, 0.3) is 16.9 Å². The van der Waals surface area contributed by atoms with Gasteiger partial charge in [0.1, 0.15) is 0 Å². The maximum Gasteiger partial charge on any atom is 0.177 e. The van der Waals surface area contributed by atoms with E-state index in [2.05, 4.69) is 53.4 Å². The Morgan fingerprint density at radius 3 is 2.45 bits per heavy atom. The van der Waals surface area contributed by atoms with Crippen molar-refractivity contribution in [2.45, 2.75) is 26.3 Å². The van der Waals surface area contributed by atoms with Crippen LogP contribution < -0.4 is 5.73 Å². The second kappa shape index (κ2) is 5.02. The van der Waals surface area contributed by atoms with E-state index in [0.717, 1.165) is 11.3 Å². The van der Waals surface area contributed by atoms with Crippen LogP contribution in [0.1, 0.15) is 31.2 Å². The summed E-state index contributed by atoms with van der Waals surface area (Å²) >= 11 is 0. The Kier molecular flexibility index (Phi) is 3.20. The van der Waals surface area contributed by atoms with Crippen LogP contribution in [0.2, 0.25) is 0 Å². The molecule has 0 unspecified atom stereocenters. The predicted molar refractivity (Wildman–Crippen MR) is 78.2 cm³/mol. The Morgan fingerprint density at radius 1 is 1.05 bits per heavy atom. The maximum atomic E-state index is 5.64. The van der Waals surface area contributed by atoms with Gasteiger partial charge in [0.05, 0.1) is 12.2 Å². The van der Waals surface area contributed by atoms with Crippen LogP contribution in [0.15, 0.2) is 36.4 Å². The van der Waals surface area contributed by atoms with Crippen molar-refractivity contribution in [3.63, 3.8) is 0 Å². The van der Waals surface area contributed by atoms with Gasteiger partial charge >= 0.3 is 0 Å². The highest BCUT2D eigenvalue weighted by Crippen LogP contribution is 2.21. The van der Waals surface area contributed by atoms with Gasteiger partial charge in [0.2, 0.25) is 0 Å². The number of hydrogen-bond acceptors (Lipinski definition) is 4. The molecule has 1 aromatic carbocycles. The lowest BCUT2D eigenvalue weighted by molar-refractivity contribution is 0.811. The van der Waals surface area contributed by atoms with Crippen molar-refractivity contribution < 1.29 is 0 Å². The number of hydrogen-bond donors (Lipinski definition) is 1. The van der Waals surface area contributed by atoms with Gasteiger partial charge in [-0.2, -0.15) is 9.61 Å². The van der Waals surface area contributed by atoms with Gasteiger partial charge in [0, 0.05) is 5.56 Å². The van der Waals surface area contributed by atoms with Crippen LogP contribution in [-0.4, -0.2) is 19.8 Å². The lowest BCUT2D eigenvalue weighted by atomic mass is 10.0. The first-order chi connectivity index (χ1) is 9.69. The van der Waals surface area contributed by atoms with Gasteiger partial charge in [-0.05, 0) is 23.6 Å². The first-order valence-corrected chi connectivity index (χ1v) is 6.71. The van der Waals surface area contributed by atoms with E-state index in [4.69, 9.17) is 5.73 Å². The van der Waals surface area contributed by atoms with E-state index < -0.39 is 0 Å². The minimum Gasteiger partial charge on any atom is -0.324 e. The quantitative estimate of drug-likeness (QED) is 0.791. The molecule has 0 aliphatic rings. The Hall–Kier alpha value is -2.27. The zero-order chi connectivity index (χ0) is 14.1. The average Bonchev–Trinajstić information content (AvgIpc) is 2.89. The molecule has 2 N–H and O–H groups in total. The highest BCUT2D eigenvalue weighted by molar-refractivity contribution is 5.60. The van der Waals surface area contributed by atoms with Crippen LogP contribution in [-0.2, 0) is 6.54 Å². The third-order valence-corrected chi connectivity index (χ3v) is 3.38. The predicted octanol–water partition coefficient (Wildman–Crippen LogP) is 2.37. The van der Waals surface area contributed by atoms with Crippen LogP contribution in [0.4, 0.5) is 0 Å². The summed E-state index contributed by atoms with van der Waals surface area (Å²) in [5.41, 5.74) is 9.64.